The van der Waals surface area contributed by atoms with Gasteiger partial charge in [0, 0.05) is 37.8 Å². The summed E-state index contributed by atoms with van der Waals surface area (Å²) in [6.07, 6.45) is -0.327. The Morgan fingerprint density at radius 3 is 1.96 bits per heavy atom. The number of nitrogens with zero attached hydrogens (tertiary/aromatic N) is 5. The van der Waals surface area contributed by atoms with Gasteiger partial charge in [-0.05, 0) is 75.1 Å². The molecule has 1 unspecified atom stereocenters. The van der Waals surface area contributed by atoms with Crippen LogP contribution in [0, 0.1) is 0 Å². The summed E-state index contributed by atoms with van der Waals surface area (Å²) in [5, 5.41) is 0. The maximum Gasteiger partial charge on any atom is 0.416 e. The van der Waals surface area contributed by atoms with E-state index in [0.29, 0.717) is 52.0 Å². The third-order valence-electron chi connectivity index (χ3n) is 9.55. The molecule has 8 nitrogen and oxygen atoms in total. The smallest absolute Gasteiger partial charge is 0.416 e. The zero-order valence-electron chi connectivity index (χ0n) is 26.8. The molecule has 3 fully saturated rings. The highest BCUT2D eigenvalue weighted by atomic mass is 19.4. The van der Waals surface area contributed by atoms with Gasteiger partial charge in [0.05, 0.1) is 42.4 Å². The third-order valence-corrected chi connectivity index (χ3v) is 9.55. The van der Waals surface area contributed by atoms with Gasteiger partial charge in [-0.3, -0.25) is 0 Å². The van der Waals surface area contributed by atoms with Crippen molar-refractivity contribution in [1.82, 2.24) is 14.9 Å². The lowest BCUT2D eigenvalue weighted by atomic mass is 9.87. The molecule has 260 valence electrons. The monoisotopic (exact) mass is 671 g/mol. The van der Waals surface area contributed by atoms with Crippen molar-refractivity contribution in [3.8, 4) is 0 Å². The van der Waals surface area contributed by atoms with Crippen molar-refractivity contribution in [3.63, 3.8) is 0 Å². The van der Waals surface area contributed by atoms with E-state index in [1.54, 1.807) is 22.2 Å². The minimum atomic E-state index is -4.97. The molecule has 2 aliphatic heterocycles. The number of halogens is 6. The van der Waals surface area contributed by atoms with E-state index in [9.17, 15) is 31.1 Å². The Morgan fingerprint density at radius 1 is 0.894 bits per heavy atom. The number of amides is 1. The summed E-state index contributed by atoms with van der Waals surface area (Å²) in [7, 11) is 0. The lowest BCUT2D eigenvalue weighted by Gasteiger charge is -2.47. The summed E-state index contributed by atoms with van der Waals surface area (Å²) in [4.78, 5) is 28.3. The minimum absolute atomic E-state index is 0.123. The quantitative estimate of drug-likeness (QED) is 0.265. The molecule has 3 aliphatic rings. The van der Waals surface area contributed by atoms with E-state index in [0.717, 1.165) is 49.9 Å². The van der Waals surface area contributed by atoms with Crippen LogP contribution in [0.2, 0.25) is 0 Å². The van der Waals surface area contributed by atoms with Gasteiger partial charge in [0.25, 0.3) is 0 Å². The van der Waals surface area contributed by atoms with Crippen LogP contribution in [0.4, 0.5) is 42.8 Å². The summed E-state index contributed by atoms with van der Waals surface area (Å²) in [5.74, 6) is 0.195. The van der Waals surface area contributed by atoms with E-state index >= 15 is 0 Å². The van der Waals surface area contributed by atoms with Crippen LogP contribution in [0.25, 0.3) is 0 Å². The largest absolute Gasteiger partial charge is 0.446 e. The van der Waals surface area contributed by atoms with Crippen LogP contribution in [-0.2, 0) is 28.4 Å². The highest BCUT2D eigenvalue weighted by Crippen LogP contribution is 2.38. The Hall–Kier alpha value is -3.29. The maximum absolute atomic E-state index is 13.8. The minimum Gasteiger partial charge on any atom is -0.446 e. The highest BCUT2D eigenvalue weighted by molar-refractivity contribution is 5.69. The second-order valence-electron chi connectivity index (χ2n) is 12.7. The number of benzene rings is 1. The first-order valence-electron chi connectivity index (χ1n) is 16.6. The number of hydrogen-bond donors (Lipinski definition) is 0. The summed E-state index contributed by atoms with van der Waals surface area (Å²) in [6, 6.07) is 0.777. The van der Waals surface area contributed by atoms with Crippen molar-refractivity contribution in [3.05, 3.63) is 47.3 Å². The van der Waals surface area contributed by atoms with Crippen molar-refractivity contribution in [2.75, 3.05) is 36.1 Å². The number of anilines is 2. The number of hydrogen-bond acceptors (Lipinski definition) is 7. The fourth-order valence-electron chi connectivity index (χ4n) is 7.03. The van der Waals surface area contributed by atoms with E-state index in [4.69, 9.17) is 9.47 Å². The molecule has 0 radical (unpaired) electrons. The Morgan fingerprint density at radius 2 is 1.45 bits per heavy atom. The standard InChI is InChI=1S/C33H43F6N5O3/c1-3-25-17-27(18-26(4-2)44(25)31(45)47-29-8-6-5-7-9-29)43(30-40-19-28(20-41-30)42-10-12-46-13-11-42)21-22-14-23(32(34,35)36)16-24(15-22)33(37,38)39/h14-16,19-20,25-27,29H,3-13,17-18,21H2,1-2H3/t25-,26+,27?. The molecule has 5 rings (SSSR count). The van der Waals surface area contributed by atoms with Crippen molar-refractivity contribution >= 4 is 17.7 Å². The first kappa shape index (κ1) is 35.0. The van der Waals surface area contributed by atoms with Crippen molar-refractivity contribution in [2.45, 2.75) is 115 Å². The molecule has 1 aromatic heterocycles. The fraction of sp³-hybridized carbons (Fsp3) is 0.667. The topological polar surface area (TPSA) is 71.0 Å². The molecular formula is C33H43F6N5O3. The third kappa shape index (κ3) is 8.60. The molecule has 3 atom stereocenters. The molecule has 2 saturated heterocycles. The second-order valence-corrected chi connectivity index (χ2v) is 12.7. The summed E-state index contributed by atoms with van der Waals surface area (Å²) < 4.78 is 94.1. The van der Waals surface area contributed by atoms with Gasteiger partial charge >= 0.3 is 18.4 Å². The molecule has 3 heterocycles. The number of ether oxygens (including phenoxy) is 2. The molecule has 0 bridgehead atoms. The average molecular weight is 672 g/mol. The Kier molecular flexibility index (Phi) is 11.1. The van der Waals surface area contributed by atoms with Gasteiger partial charge < -0.3 is 24.2 Å². The van der Waals surface area contributed by atoms with Crippen molar-refractivity contribution < 1.29 is 40.6 Å². The summed E-state index contributed by atoms with van der Waals surface area (Å²) in [6.45, 7) is 6.01. The average Bonchev–Trinajstić information content (AvgIpc) is 3.06. The van der Waals surface area contributed by atoms with E-state index in [-0.39, 0.29) is 54.4 Å². The van der Waals surface area contributed by atoms with Gasteiger partial charge in [0.1, 0.15) is 6.10 Å². The molecule has 2 aromatic rings. The molecule has 47 heavy (non-hydrogen) atoms. The zero-order valence-corrected chi connectivity index (χ0v) is 26.8. The number of alkyl halides is 6. The highest BCUT2D eigenvalue weighted by Gasteiger charge is 2.42. The molecule has 1 aliphatic carbocycles. The maximum atomic E-state index is 13.8. The van der Waals surface area contributed by atoms with E-state index in [1.807, 2.05) is 13.8 Å². The number of piperidine rings is 1. The number of aromatic nitrogens is 2. The first-order valence-corrected chi connectivity index (χ1v) is 16.6. The van der Waals surface area contributed by atoms with Crippen LogP contribution in [0.5, 0.6) is 0 Å². The molecular weight excluding hydrogens is 628 g/mol. The molecule has 0 N–H and O–H groups in total. The van der Waals surface area contributed by atoms with E-state index < -0.39 is 23.5 Å². The molecule has 1 aromatic carbocycles. The first-order chi connectivity index (χ1) is 22.4. The van der Waals surface area contributed by atoms with E-state index in [1.165, 1.54) is 0 Å². The van der Waals surface area contributed by atoms with E-state index in [2.05, 4.69) is 14.9 Å². The van der Waals surface area contributed by atoms with Gasteiger partial charge in [0.2, 0.25) is 5.95 Å². The number of rotatable bonds is 8. The van der Waals surface area contributed by atoms with Crippen LogP contribution >= 0.6 is 0 Å². The molecule has 0 spiro atoms. The summed E-state index contributed by atoms with van der Waals surface area (Å²) in [5.41, 5.74) is -2.16. The second kappa shape index (κ2) is 14.9. The SMILES string of the molecule is CC[C@@H]1CC(N(Cc2cc(C(F)(F)F)cc(C(F)(F)F)c2)c2ncc(N3CCOCC3)cn2)C[C@H](CC)N1C(=O)OC1CCCCC1. The predicted octanol–water partition coefficient (Wildman–Crippen LogP) is 7.85. The van der Waals surface area contributed by atoms with Gasteiger partial charge in [-0.15, -0.1) is 0 Å². The van der Waals surface area contributed by atoms with Crippen LogP contribution in [0.3, 0.4) is 0 Å². The van der Waals surface area contributed by atoms with Gasteiger partial charge in [-0.1, -0.05) is 20.3 Å². The lowest BCUT2D eigenvalue weighted by molar-refractivity contribution is -0.143. The molecule has 14 heteroatoms. The van der Waals surface area contributed by atoms with Crippen LogP contribution in [0.1, 0.15) is 88.3 Å². The lowest BCUT2D eigenvalue weighted by Crippen LogP contribution is -2.57. The van der Waals surface area contributed by atoms with Crippen molar-refractivity contribution in [1.29, 1.82) is 0 Å². The normalized spacial score (nSPS) is 23.1. The van der Waals surface area contributed by atoms with Gasteiger partial charge in [-0.2, -0.15) is 26.3 Å². The number of carbonyl (C=O) groups excluding carboxylic acids is 1. The van der Waals surface area contributed by atoms with Gasteiger partial charge in [-0.25, -0.2) is 14.8 Å². The van der Waals surface area contributed by atoms with Crippen LogP contribution in [0.15, 0.2) is 30.6 Å². The van der Waals surface area contributed by atoms with Crippen LogP contribution < -0.4 is 9.80 Å². The Labute approximate surface area is 271 Å². The number of carbonyl (C=O) groups is 1. The fourth-order valence-corrected chi connectivity index (χ4v) is 7.03. The molecule has 1 saturated carbocycles. The molecule has 1 amide bonds. The van der Waals surface area contributed by atoms with Crippen molar-refractivity contribution in [2.24, 2.45) is 0 Å². The predicted molar refractivity (Wildman–Crippen MR) is 164 cm³/mol. The zero-order chi connectivity index (χ0) is 33.8. The summed E-state index contributed by atoms with van der Waals surface area (Å²) >= 11 is 0. The Balaban J connectivity index is 1.47. The van der Waals surface area contributed by atoms with Crippen LogP contribution in [-0.4, -0.2) is 71.5 Å². The number of morpholine rings is 1. The Bertz CT molecular complexity index is 1280. The van der Waals surface area contributed by atoms with Gasteiger partial charge in [0.15, 0.2) is 0 Å². The number of likely N-dealkylation sites (tertiary alicyclic amines) is 1.